The Morgan fingerprint density at radius 2 is 2.25 bits per heavy atom. The Hall–Kier alpha value is -1.70. The quantitative estimate of drug-likeness (QED) is 0.738. The van der Waals surface area contributed by atoms with Gasteiger partial charge in [0, 0.05) is 48.6 Å². The number of thiophene rings is 1. The third-order valence-electron chi connectivity index (χ3n) is 5.97. The molecule has 6 nitrogen and oxygen atoms in total. The van der Waals surface area contributed by atoms with Crippen LogP contribution in [0.15, 0.2) is 9.90 Å². The van der Waals surface area contributed by atoms with E-state index >= 15 is 0 Å². The number of rotatable bonds is 6. The number of hydrogen-bond acceptors (Lipinski definition) is 6. The number of fused-ring (bicyclic) bond motifs is 1. The van der Waals surface area contributed by atoms with Crippen molar-refractivity contribution in [1.82, 2.24) is 15.0 Å². The topological polar surface area (TPSA) is 58.8 Å². The molecule has 28 heavy (non-hydrogen) atoms. The molecule has 0 N–H and O–H groups in total. The lowest BCUT2D eigenvalue weighted by Gasteiger charge is -2.28. The molecule has 0 spiro atoms. The molecule has 1 saturated heterocycles. The normalized spacial score (nSPS) is 20.0. The summed E-state index contributed by atoms with van der Waals surface area (Å²) in [4.78, 5) is 19.0. The van der Waals surface area contributed by atoms with E-state index < -0.39 is 0 Å². The van der Waals surface area contributed by atoms with Crippen molar-refractivity contribution >= 4 is 17.2 Å². The van der Waals surface area contributed by atoms with Crippen LogP contribution in [0, 0.1) is 13.8 Å². The van der Waals surface area contributed by atoms with E-state index in [0.717, 1.165) is 62.5 Å². The Balaban J connectivity index is 1.46. The molecule has 2 aliphatic heterocycles. The molecule has 0 unspecified atom stereocenters. The van der Waals surface area contributed by atoms with Crippen LogP contribution in [0.4, 0.5) is 0 Å². The first kappa shape index (κ1) is 19.6. The third-order valence-corrected chi connectivity index (χ3v) is 6.99. The second-order valence-electron chi connectivity index (χ2n) is 7.77. The van der Waals surface area contributed by atoms with Crippen molar-refractivity contribution < 1.29 is 14.1 Å². The van der Waals surface area contributed by atoms with Gasteiger partial charge in [-0.25, -0.2) is 0 Å². The summed E-state index contributed by atoms with van der Waals surface area (Å²) in [6.45, 7) is 10.9. The van der Waals surface area contributed by atoms with Crippen molar-refractivity contribution in [3.63, 3.8) is 0 Å². The van der Waals surface area contributed by atoms with E-state index in [-0.39, 0.29) is 11.9 Å². The van der Waals surface area contributed by atoms with Gasteiger partial charge >= 0.3 is 0 Å². The molecular weight excluding hydrogens is 374 g/mol. The van der Waals surface area contributed by atoms with Gasteiger partial charge in [0.1, 0.15) is 5.76 Å². The number of aromatic nitrogens is 1. The van der Waals surface area contributed by atoms with Crippen molar-refractivity contribution in [3.05, 3.63) is 38.4 Å². The van der Waals surface area contributed by atoms with Crippen LogP contribution in [0.25, 0.3) is 0 Å². The molecule has 1 atom stereocenters. The largest absolute Gasteiger partial charge is 0.380 e. The smallest absolute Gasteiger partial charge is 0.255 e. The minimum absolute atomic E-state index is 0.193. The molecule has 1 fully saturated rings. The third kappa shape index (κ3) is 3.75. The molecule has 7 heteroatoms. The van der Waals surface area contributed by atoms with Gasteiger partial charge in [-0.3, -0.25) is 9.69 Å². The first-order chi connectivity index (χ1) is 13.6. The van der Waals surface area contributed by atoms with Crippen molar-refractivity contribution in [2.45, 2.75) is 59.2 Å². The minimum atomic E-state index is 0.193. The summed E-state index contributed by atoms with van der Waals surface area (Å²) >= 11 is 1.72. The number of likely N-dealkylation sites (tertiary alicyclic amines) is 1. The van der Waals surface area contributed by atoms with Gasteiger partial charge in [0.25, 0.3) is 5.91 Å². The molecule has 4 heterocycles. The fraction of sp³-hybridized carbons (Fsp3) is 0.619. The molecule has 2 aliphatic rings. The summed E-state index contributed by atoms with van der Waals surface area (Å²) in [5.74, 6) is 1.10. The SMILES string of the molecule is CCOC[C@@H]1CCCN1C(=O)c1csc2c1CCN(Cc1c(C)noc1C)C2. The van der Waals surface area contributed by atoms with E-state index in [1.54, 1.807) is 11.3 Å². The molecule has 1 amide bonds. The van der Waals surface area contributed by atoms with E-state index in [9.17, 15) is 4.79 Å². The first-order valence-electron chi connectivity index (χ1n) is 10.2. The lowest BCUT2D eigenvalue weighted by Crippen LogP contribution is -2.39. The summed E-state index contributed by atoms with van der Waals surface area (Å²) in [5.41, 5.74) is 4.33. The number of carbonyl (C=O) groups excluding carboxylic acids is 1. The summed E-state index contributed by atoms with van der Waals surface area (Å²) in [6.07, 6.45) is 3.04. The second kappa shape index (κ2) is 8.35. The van der Waals surface area contributed by atoms with Crippen LogP contribution >= 0.6 is 11.3 Å². The highest BCUT2D eigenvalue weighted by Crippen LogP contribution is 2.32. The molecule has 152 valence electrons. The average Bonchev–Trinajstić information content (AvgIpc) is 3.40. The molecule has 0 saturated carbocycles. The maximum absolute atomic E-state index is 13.2. The van der Waals surface area contributed by atoms with Gasteiger partial charge in [-0.1, -0.05) is 5.16 Å². The lowest BCUT2D eigenvalue weighted by molar-refractivity contribution is 0.0563. The molecule has 2 aromatic heterocycles. The number of amides is 1. The van der Waals surface area contributed by atoms with Crippen LogP contribution < -0.4 is 0 Å². The molecule has 4 rings (SSSR count). The molecule has 0 aliphatic carbocycles. The maximum atomic E-state index is 13.2. The lowest BCUT2D eigenvalue weighted by atomic mass is 10.0. The number of nitrogens with zero attached hydrogens (tertiary/aromatic N) is 3. The Labute approximate surface area is 170 Å². The maximum Gasteiger partial charge on any atom is 0.255 e. The molecule has 0 bridgehead atoms. The highest BCUT2D eigenvalue weighted by Gasteiger charge is 2.33. The van der Waals surface area contributed by atoms with Crippen LogP contribution in [-0.2, 0) is 24.2 Å². The minimum Gasteiger partial charge on any atom is -0.380 e. The van der Waals surface area contributed by atoms with Crippen LogP contribution in [0.3, 0.4) is 0 Å². The van der Waals surface area contributed by atoms with Crippen molar-refractivity contribution in [3.8, 4) is 0 Å². The number of ether oxygens (including phenoxy) is 1. The van der Waals surface area contributed by atoms with E-state index in [1.807, 2.05) is 25.7 Å². The van der Waals surface area contributed by atoms with Crippen LogP contribution in [0.1, 0.15) is 57.6 Å². The van der Waals surface area contributed by atoms with E-state index in [1.165, 1.54) is 16.0 Å². The molecule has 0 radical (unpaired) electrons. The standard InChI is InChI=1S/C21H29N3O3S/c1-4-26-12-16-6-5-8-24(16)21(25)19-13-28-20-11-23(9-7-17(19)20)10-18-14(2)22-27-15(18)3/h13,16H,4-12H2,1-3H3/t16-/m0/s1. The number of carbonyl (C=O) groups is 1. The summed E-state index contributed by atoms with van der Waals surface area (Å²) < 4.78 is 10.9. The van der Waals surface area contributed by atoms with Gasteiger partial charge in [-0.2, -0.15) is 0 Å². The van der Waals surface area contributed by atoms with Gasteiger partial charge in [-0.05, 0) is 45.6 Å². The zero-order valence-electron chi connectivity index (χ0n) is 17.0. The van der Waals surface area contributed by atoms with Crippen molar-refractivity contribution in [2.75, 3.05) is 26.3 Å². The van der Waals surface area contributed by atoms with E-state index in [0.29, 0.717) is 13.2 Å². The summed E-state index contributed by atoms with van der Waals surface area (Å²) in [7, 11) is 0. The predicted octanol–water partition coefficient (Wildman–Crippen LogP) is 3.55. The average molecular weight is 404 g/mol. The monoisotopic (exact) mass is 403 g/mol. The highest BCUT2D eigenvalue weighted by molar-refractivity contribution is 7.10. The van der Waals surface area contributed by atoms with Gasteiger partial charge < -0.3 is 14.2 Å². The van der Waals surface area contributed by atoms with Crippen LogP contribution in [0.5, 0.6) is 0 Å². The Bertz CT molecular complexity index is 825. The van der Waals surface area contributed by atoms with E-state index in [4.69, 9.17) is 9.26 Å². The van der Waals surface area contributed by atoms with Gasteiger partial charge in [0.15, 0.2) is 0 Å². The molecule has 0 aromatic carbocycles. The molecular formula is C21H29N3O3S. The highest BCUT2D eigenvalue weighted by atomic mass is 32.1. The van der Waals surface area contributed by atoms with Gasteiger partial charge in [-0.15, -0.1) is 11.3 Å². The zero-order chi connectivity index (χ0) is 19.7. The Morgan fingerprint density at radius 3 is 3.00 bits per heavy atom. The van der Waals surface area contributed by atoms with Crippen LogP contribution in [0.2, 0.25) is 0 Å². The van der Waals surface area contributed by atoms with E-state index in [2.05, 4.69) is 15.4 Å². The van der Waals surface area contributed by atoms with Gasteiger partial charge in [0.05, 0.1) is 23.9 Å². The molecule has 2 aromatic rings. The van der Waals surface area contributed by atoms with Crippen molar-refractivity contribution in [1.29, 1.82) is 0 Å². The second-order valence-corrected chi connectivity index (χ2v) is 8.73. The Morgan fingerprint density at radius 1 is 1.39 bits per heavy atom. The first-order valence-corrected chi connectivity index (χ1v) is 11.1. The summed E-state index contributed by atoms with van der Waals surface area (Å²) in [6, 6.07) is 0.225. The van der Waals surface area contributed by atoms with Crippen molar-refractivity contribution in [2.24, 2.45) is 0 Å². The fourth-order valence-corrected chi connectivity index (χ4v) is 5.45. The van der Waals surface area contributed by atoms with Gasteiger partial charge in [0.2, 0.25) is 0 Å². The predicted molar refractivity (Wildman–Crippen MR) is 109 cm³/mol. The zero-order valence-corrected chi connectivity index (χ0v) is 17.8. The number of hydrogen-bond donors (Lipinski definition) is 0. The fourth-order valence-electron chi connectivity index (χ4n) is 4.33. The number of aryl methyl sites for hydroxylation is 2. The van der Waals surface area contributed by atoms with Crippen LogP contribution in [-0.4, -0.2) is 53.2 Å². The Kier molecular flexibility index (Phi) is 5.85. The summed E-state index contributed by atoms with van der Waals surface area (Å²) in [5, 5.41) is 6.14.